The van der Waals surface area contributed by atoms with Crippen LogP contribution in [0, 0.1) is 5.92 Å². The summed E-state index contributed by atoms with van der Waals surface area (Å²) in [5.41, 5.74) is 0. The molecule has 1 atom stereocenters. The van der Waals surface area contributed by atoms with Gasteiger partial charge >= 0.3 is 0 Å². The maximum atomic E-state index is 9.00. The Morgan fingerprint density at radius 1 is 0.950 bits per heavy atom. The minimum Gasteiger partial charge on any atom is -0.396 e. The third-order valence-corrected chi connectivity index (χ3v) is 3.31. The predicted octanol–water partition coefficient (Wildman–Crippen LogP) is 5.56. The van der Waals surface area contributed by atoms with Gasteiger partial charge in [-0.15, -0.1) is 0 Å². The van der Waals surface area contributed by atoms with Crippen LogP contribution in [0.1, 0.15) is 99.3 Å². The molecule has 0 aliphatic heterocycles. The first-order valence-corrected chi connectivity index (χ1v) is 8.99. The monoisotopic (exact) mass is 290 g/mol. The highest BCUT2D eigenvalue weighted by Gasteiger charge is 2.05. The fourth-order valence-electron chi connectivity index (χ4n) is 2.00. The fourth-order valence-corrected chi connectivity index (χ4v) is 2.00. The molecule has 126 valence electrons. The third-order valence-electron chi connectivity index (χ3n) is 3.31. The average Bonchev–Trinajstić information content (AvgIpc) is 2.53. The molecule has 1 saturated carbocycles. The largest absolute Gasteiger partial charge is 0.396 e. The van der Waals surface area contributed by atoms with Gasteiger partial charge in [0, 0.05) is 6.61 Å². The minimum atomic E-state index is -0.156. The lowest BCUT2D eigenvalue weighted by molar-refractivity contribution is 0.153. The van der Waals surface area contributed by atoms with E-state index in [0.29, 0.717) is 0 Å². The second-order valence-corrected chi connectivity index (χ2v) is 5.02. The van der Waals surface area contributed by atoms with Crippen molar-refractivity contribution in [3.63, 3.8) is 0 Å². The van der Waals surface area contributed by atoms with Gasteiger partial charge in [-0.05, 0) is 31.6 Å². The van der Waals surface area contributed by atoms with E-state index in [2.05, 4.69) is 6.92 Å². The summed E-state index contributed by atoms with van der Waals surface area (Å²) in [4.78, 5) is 0. The van der Waals surface area contributed by atoms with Crippen molar-refractivity contribution in [1.82, 2.24) is 0 Å². The Labute approximate surface area is 129 Å². The Kier molecular flexibility index (Phi) is 29.9. The highest BCUT2D eigenvalue weighted by Crippen LogP contribution is 2.22. The van der Waals surface area contributed by atoms with Crippen LogP contribution in [0.3, 0.4) is 0 Å². The molecular formula is C18H42O2. The molecule has 0 aromatic carbocycles. The number of hydrogen-bond acceptors (Lipinski definition) is 2. The van der Waals surface area contributed by atoms with Crippen molar-refractivity contribution in [2.24, 2.45) is 5.92 Å². The highest BCUT2D eigenvalue weighted by molar-refractivity contribution is 4.59. The number of unbranched alkanes of at least 4 members (excludes halogenated alkanes) is 1. The lowest BCUT2D eigenvalue weighted by atomic mass is 9.91. The summed E-state index contributed by atoms with van der Waals surface area (Å²) in [7, 11) is 0. The number of rotatable bonds is 5. The second kappa shape index (κ2) is 24.0. The average molecular weight is 291 g/mol. The summed E-state index contributed by atoms with van der Waals surface area (Å²) in [6.45, 7) is 12.6. The van der Waals surface area contributed by atoms with E-state index in [1.807, 2.05) is 34.6 Å². The number of aliphatic hydroxyl groups excluding tert-OH is 2. The quantitative estimate of drug-likeness (QED) is 0.651. The number of hydrogen-bond donors (Lipinski definition) is 2. The molecule has 1 fully saturated rings. The molecule has 0 aromatic heterocycles. The molecule has 0 bridgehead atoms. The predicted molar refractivity (Wildman–Crippen MR) is 92.2 cm³/mol. The molecule has 2 heteroatoms. The van der Waals surface area contributed by atoms with Crippen LogP contribution in [-0.4, -0.2) is 22.9 Å². The minimum absolute atomic E-state index is 0.156. The maximum absolute atomic E-state index is 9.00. The van der Waals surface area contributed by atoms with Crippen LogP contribution in [0.5, 0.6) is 0 Å². The molecule has 0 amide bonds. The van der Waals surface area contributed by atoms with Gasteiger partial charge in [0.05, 0.1) is 6.10 Å². The summed E-state index contributed by atoms with van der Waals surface area (Å²) in [5, 5.41) is 17.4. The van der Waals surface area contributed by atoms with E-state index in [1.54, 1.807) is 0 Å². The fraction of sp³-hybridized carbons (Fsp3) is 1.00. The van der Waals surface area contributed by atoms with E-state index in [1.165, 1.54) is 32.1 Å². The SMILES string of the molecule is CC.CC.CC1CCCCC1.CCC(O)CCCCO. The van der Waals surface area contributed by atoms with E-state index in [0.717, 1.165) is 31.6 Å². The molecule has 2 N–H and O–H groups in total. The number of aliphatic hydroxyl groups is 2. The Balaban J connectivity index is -0.000000234. The van der Waals surface area contributed by atoms with Crippen LogP contribution >= 0.6 is 0 Å². The summed E-state index contributed by atoms with van der Waals surface area (Å²) in [6.07, 6.45) is 10.7. The molecule has 1 rings (SSSR count). The highest BCUT2D eigenvalue weighted by atomic mass is 16.3. The van der Waals surface area contributed by atoms with E-state index in [9.17, 15) is 0 Å². The van der Waals surface area contributed by atoms with Gasteiger partial charge in [0.1, 0.15) is 0 Å². The molecule has 2 nitrogen and oxygen atoms in total. The molecule has 1 aliphatic rings. The Hall–Kier alpha value is -0.0800. The van der Waals surface area contributed by atoms with Gasteiger partial charge in [0.15, 0.2) is 0 Å². The van der Waals surface area contributed by atoms with E-state index < -0.39 is 0 Å². The first kappa shape index (κ1) is 24.9. The Morgan fingerprint density at radius 3 is 1.75 bits per heavy atom. The van der Waals surface area contributed by atoms with Gasteiger partial charge < -0.3 is 10.2 Å². The van der Waals surface area contributed by atoms with Crippen LogP contribution < -0.4 is 0 Å². The zero-order valence-electron chi connectivity index (χ0n) is 15.1. The van der Waals surface area contributed by atoms with Gasteiger partial charge in [-0.25, -0.2) is 0 Å². The smallest absolute Gasteiger partial charge is 0.0537 e. The van der Waals surface area contributed by atoms with Crippen molar-refractivity contribution in [2.75, 3.05) is 6.61 Å². The van der Waals surface area contributed by atoms with Crippen LogP contribution in [0.25, 0.3) is 0 Å². The lowest BCUT2D eigenvalue weighted by Gasteiger charge is -2.15. The zero-order chi connectivity index (χ0) is 16.2. The normalized spacial score (nSPS) is 15.6. The Bertz CT molecular complexity index is 131. The molecule has 1 aliphatic carbocycles. The third kappa shape index (κ3) is 23.0. The van der Waals surface area contributed by atoms with Crippen molar-refractivity contribution in [2.45, 2.75) is 105 Å². The van der Waals surface area contributed by atoms with Gasteiger partial charge in [-0.2, -0.15) is 0 Å². The molecule has 0 radical (unpaired) electrons. The summed E-state index contributed by atoms with van der Waals surface area (Å²) in [6, 6.07) is 0. The lowest BCUT2D eigenvalue weighted by Crippen LogP contribution is -2.03. The van der Waals surface area contributed by atoms with Gasteiger partial charge in [0.2, 0.25) is 0 Å². The summed E-state index contributed by atoms with van der Waals surface area (Å²) >= 11 is 0. The van der Waals surface area contributed by atoms with Gasteiger partial charge in [0.25, 0.3) is 0 Å². The van der Waals surface area contributed by atoms with Crippen molar-refractivity contribution < 1.29 is 10.2 Å². The molecular weight excluding hydrogens is 248 g/mol. The zero-order valence-corrected chi connectivity index (χ0v) is 15.1. The molecule has 0 saturated heterocycles. The standard InChI is InChI=1S/C7H16O2.C7H14.2C2H6/c1-2-7(9)5-3-4-6-8;1-7-5-3-2-4-6-7;2*1-2/h7-9H,2-6H2,1H3;7H,2-6H2,1H3;2*1-2H3. The van der Waals surface area contributed by atoms with Crippen molar-refractivity contribution >= 4 is 0 Å². The molecule has 0 heterocycles. The van der Waals surface area contributed by atoms with E-state index >= 15 is 0 Å². The topological polar surface area (TPSA) is 40.5 Å². The molecule has 20 heavy (non-hydrogen) atoms. The van der Waals surface area contributed by atoms with Crippen LogP contribution in [0.4, 0.5) is 0 Å². The van der Waals surface area contributed by atoms with Crippen molar-refractivity contribution in [1.29, 1.82) is 0 Å². The summed E-state index contributed by atoms with van der Waals surface area (Å²) in [5.74, 6) is 1.04. The van der Waals surface area contributed by atoms with E-state index in [4.69, 9.17) is 10.2 Å². The molecule has 0 spiro atoms. The van der Waals surface area contributed by atoms with E-state index in [-0.39, 0.29) is 12.7 Å². The molecule has 0 aromatic rings. The maximum Gasteiger partial charge on any atom is 0.0537 e. The first-order valence-electron chi connectivity index (χ1n) is 8.99. The second-order valence-electron chi connectivity index (χ2n) is 5.02. The Morgan fingerprint density at radius 2 is 1.45 bits per heavy atom. The van der Waals surface area contributed by atoms with Crippen LogP contribution in [0.2, 0.25) is 0 Å². The van der Waals surface area contributed by atoms with Crippen molar-refractivity contribution in [3.8, 4) is 0 Å². The van der Waals surface area contributed by atoms with Crippen LogP contribution in [0.15, 0.2) is 0 Å². The first-order chi connectivity index (χ1) is 9.70. The van der Waals surface area contributed by atoms with Gasteiger partial charge in [-0.3, -0.25) is 0 Å². The van der Waals surface area contributed by atoms with Crippen molar-refractivity contribution in [3.05, 3.63) is 0 Å². The van der Waals surface area contributed by atoms with Crippen LogP contribution in [-0.2, 0) is 0 Å². The summed E-state index contributed by atoms with van der Waals surface area (Å²) < 4.78 is 0. The van der Waals surface area contributed by atoms with Gasteiger partial charge in [-0.1, -0.05) is 73.6 Å². The molecule has 1 unspecified atom stereocenters.